The fourth-order valence-corrected chi connectivity index (χ4v) is 2.72. The molecule has 1 heterocycles. The van der Waals surface area contributed by atoms with Gasteiger partial charge in [-0.1, -0.05) is 11.6 Å². The number of nitrogens with one attached hydrogen (secondary N) is 2. The first-order chi connectivity index (χ1) is 11.2. The zero-order valence-electron chi connectivity index (χ0n) is 13.7. The van der Waals surface area contributed by atoms with Gasteiger partial charge in [0.05, 0.1) is 0 Å². The molecule has 1 aromatic heterocycles. The van der Waals surface area contributed by atoms with E-state index >= 15 is 0 Å². The number of aliphatic imine (C=N–C) groups is 1. The van der Waals surface area contributed by atoms with Crippen molar-refractivity contribution in [2.45, 2.75) is 18.4 Å². The predicted octanol–water partition coefficient (Wildman–Crippen LogP) is 2.93. The van der Waals surface area contributed by atoms with E-state index in [4.69, 9.17) is 11.6 Å². The van der Waals surface area contributed by atoms with Gasteiger partial charge in [-0.05, 0) is 31.2 Å². The van der Waals surface area contributed by atoms with Crippen molar-refractivity contribution in [1.82, 2.24) is 25.4 Å². The first-order valence-corrected chi connectivity index (χ1v) is 8.79. The highest BCUT2D eigenvalue weighted by Crippen LogP contribution is 2.19. The molecular weight excluding hydrogens is 459 g/mol. The molecule has 0 saturated heterocycles. The Kier molecular flexibility index (Phi) is 10.1. The molecule has 0 atom stereocenters. The summed E-state index contributed by atoms with van der Waals surface area (Å²) >= 11 is 7.66. The normalized spacial score (nSPS) is 11.0. The Morgan fingerprint density at radius 2 is 2.04 bits per heavy atom. The second-order valence-corrected chi connectivity index (χ2v) is 6.33. The maximum atomic E-state index is 5.88. The van der Waals surface area contributed by atoms with Crippen LogP contribution in [0.15, 0.2) is 40.5 Å². The van der Waals surface area contributed by atoms with Gasteiger partial charge in [-0.25, -0.2) is 9.98 Å². The van der Waals surface area contributed by atoms with Crippen LogP contribution in [0.4, 0.5) is 0 Å². The zero-order valence-corrected chi connectivity index (χ0v) is 17.6. The maximum absolute atomic E-state index is 5.88. The molecular formula is C15H22ClIN6S. The summed E-state index contributed by atoms with van der Waals surface area (Å²) < 4.78 is 1.73. The second-order valence-electron chi connectivity index (χ2n) is 4.72. The summed E-state index contributed by atoms with van der Waals surface area (Å²) in [4.78, 5) is 9.89. The number of nitrogens with zero attached hydrogens (tertiary/aromatic N) is 4. The summed E-state index contributed by atoms with van der Waals surface area (Å²) in [5, 5.41) is 11.3. The molecule has 0 bridgehead atoms. The molecule has 0 aliphatic carbocycles. The average Bonchev–Trinajstić information content (AvgIpc) is 2.96. The maximum Gasteiger partial charge on any atom is 0.191 e. The highest BCUT2D eigenvalue weighted by molar-refractivity contribution is 14.0. The van der Waals surface area contributed by atoms with E-state index in [1.54, 1.807) is 16.4 Å². The molecule has 9 heteroatoms. The summed E-state index contributed by atoms with van der Waals surface area (Å²) in [5.41, 5.74) is 0. The summed E-state index contributed by atoms with van der Waals surface area (Å²) in [5.74, 6) is 2.56. The van der Waals surface area contributed by atoms with Crippen molar-refractivity contribution in [3.63, 3.8) is 0 Å². The molecule has 2 N–H and O–H groups in total. The van der Waals surface area contributed by atoms with Crippen LogP contribution >= 0.6 is 47.3 Å². The highest BCUT2D eigenvalue weighted by Gasteiger charge is 2.01. The third kappa shape index (κ3) is 7.27. The van der Waals surface area contributed by atoms with Crippen molar-refractivity contribution in [3.8, 4) is 0 Å². The van der Waals surface area contributed by atoms with Crippen LogP contribution in [0.2, 0.25) is 5.02 Å². The molecule has 0 aliphatic heterocycles. The average molecular weight is 481 g/mol. The molecule has 132 valence electrons. The van der Waals surface area contributed by atoms with Gasteiger partial charge in [0, 0.05) is 35.8 Å². The Morgan fingerprint density at radius 3 is 2.67 bits per heavy atom. The fraction of sp³-hybridized carbons (Fsp3) is 0.400. The number of benzene rings is 1. The van der Waals surface area contributed by atoms with Crippen molar-refractivity contribution in [1.29, 1.82) is 0 Å². The number of thioether (sulfide) groups is 1. The topological polar surface area (TPSA) is 67.1 Å². The number of rotatable bonds is 7. The van der Waals surface area contributed by atoms with Crippen molar-refractivity contribution in [2.24, 2.45) is 12.0 Å². The smallest absolute Gasteiger partial charge is 0.191 e. The van der Waals surface area contributed by atoms with Gasteiger partial charge in [0.25, 0.3) is 0 Å². The van der Waals surface area contributed by atoms with Gasteiger partial charge >= 0.3 is 0 Å². The standard InChI is InChI=1S/C15H21ClN6S.HI/c1-3-17-15(19-10-14-20-11-21-22(14)2)18-8-9-23-13-6-4-12(16)5-7-13;/h4-7,11H,3,8-10H2,1-2H3,(H2,17,18,19);1H. The summed E-state index contributed by atoms with van der Waals surface area (Å²) in [7, 11) is 1.86. The molecule has 0 fully saturated rings. The Labute approximate surface area is 168 Å². The molecule has 0 radical (unpaired) electrons. The van der Waals surface area contributed by atoms with Crippen LogP contribution in [0.5, 0.6) is 0 Å². The third-order valence-corrected chi connectivity index (χ3v) is 4.27. The minimum Gasteiger partial charge on any atom is -0.357 e. The molecule has 0 saturated carbocycles. The van der Waals surface area contributed by atoms with Crippen LogP contribution in [0.3, 0.4) is 0 Å². The molecule has 6 nitrogen and oxygen atoms in total. The van der Waals surface area contributed by atoms with E-state index in [1.807, 2.05) is 38.2 Å². The predicted molar refractivity (Wildman–Crippen MR) is 111 cm³/mol. The molecule has 2 rings (SSSR count). The summed E-state index contributed by atoms with van der Waals surface area (Å²) in [6.45, 7) is 4.17. The molecule has 2 aromatic rings. The summed E-state index contributed by atoms with van der Waals surface area (Å²) in [6, 6.07) is 7.87. The Bertz CT molecular complexity index is 631. The van der Waals surface area contributed by atoms with Crippen LogP contribution in [0.25, 0.3) is 0 Å². The Hall–Kier alpha value is -1.000. The molecule has 0 amide bonds. The molecule has 0 unspecified atom stereocenters. The van der Waals surface area contributed by atoms with Crippen molar-refractivity contribution in [3.05, 3.63) is 41.4 Å². The van der Waals surface area contributed by atoms with Crippen LogP contribution in [0.1, 0.15) is 12.7 Å². The monoisotopic (exact) mass is 480 g/mol. The Balaban J connectivity index is 0.00000288. The van der Waals surface area contributed by atoms with E-state index in [-0.39, 0.29) is 24.0 Å². The van der Waals surface area contributed by atoms with Crippen LogP contribution in [-0.2, 0) is 13.6 Å². The number of halogens is 2. The van der Waals surface area contributed by atoms with Gasteiger partial charge < -0.3 is 10.6 Å². The van der Waals surface area contributed by atoms with Crippen LogP contribution in [-0.4, -0.2) is 39.6 Å². The first kappa shape index (κ1) is 21.0. The van der Waals surface area contributed by atoms with E-state index in [1.165, 1.54) is 11.2 Å². The van der Waals surface area contributed by atoms with Gasteiger partial charge in [-0.3, -0.25) is 4.68 Å². The molecule has 24 heavy (non-hydrogen) atoms. The lowest BCUT2D eigenvalue weighted by atomic mass is 10.4. The highest BCUT2D eigenvalue weighted by atomic mass is 127. The minimum absolute atomic E-state index is 0. The van der Waals surface area contributed by atoms with E-state index in [0.29, 0.717) is 6.54 Å². The van der Waals surface area contributed by atoms with Gasteiger partial charge in [0.2, 0.25) is 0 Å². The lowest BCUT2D eigenvalue weighted by Crippen LogP contribution is -2.38. The zero-order chi connectivity index (χ0) is 16.5. The van der Waals surface area contributed by atoms with E-state index < -0.39 is 0 Å². The quantitative estimate of drug-likeness (QED) is 0.210. The van der Waals surface area contributed by atoms with E-state index in [9.17, 15) is 0 Å². The minimum atomic E-state index is 0. The van der Waals surface area contributed by atoms with Crippen LogP contribution < -0.4 is 10.6 Å². The second kappa shape index (κ2) is 11.5. The number of hydrogen-bond acceptors (Lipinski definition) is 4. The van der Waals surface area contributed by atoms with Gasteiger partial charge in [-0.15, -0.1) is 35.7 Å². The number of aryl methyl sites for hydroxylation is 1. The molecule has 0 spiro atoms. The lowest BCUT2D eigenvalue weighted by Gasteiger charge is -2.11. The fourth-order valence-electron chi connectivity index (χ4n) is 1.82. The van der Waals surface area contributed by atoms with Crippen LogP contribution in [0, 0.1) is 0 Å². The number of hydrogen-bond donors (Lipinski definition) is 2. The largest absolute Gasteiger partial charge is 0.357 e. The first-order valence-electron chi connectivity index (χ1n) is 7.42. The number of guanidine groups is 1. The SMILES string of the molecule is CCNC(=NCc1ncnn1C)NCCSc1ccc(Cl)cc1.I. The third-order valence-electron chi connectivity index (χ3n) is 3.00. The van der Waals surface area contributed by atoms with Gasteiger partial charge in [0.15, 0.2) is 5.96 Å². The molecule has 1 aromatic carbocycles. The lowest BCUT2D eigenvalue weighted by molar-refractivity contribution is 0.698. The van der Waals surface area contributed by atoms with Gasteiger partial charge in [0.1, 0.15) is 18.7 Å². The van der Waals surface area contributed by atoms with E-state index in [0.717, 1.165) is 35.6 Å². The molecule has 0 aliphatic rings. The van der Waals surface area contributed by atoms with Crippen molar-refractivity contribution in [2.75, 3.05) is 18.8 Å². The number of aromatic nitrogens is 3. The van der Waals surface area contributed by atoms with E-state index in [2.05, 4.69) is 25.7 Å². The van der Waals surface area contributed by atoms with Crippen molar-refractivity contribution >= 4 is 53.3 Å². The van der Waals surface area contributed by atoms with Gasteiger partial charge in [-0.2, -0.15) is 5.10 Å². The Morgan fingerprint density at radius 1 is 1.29 bits per heavy atom. The van der Waals surface area contributed by atoms with Crippen molar-refractivity contribution < 1.29 is 0 Å². The summed E-state index contributed by atoms with van der Waals surface area (Å²) in [6.07, 6.45) is 1.54.